The van der Waals surface area contributed by atoms with E-state index in [-0.39, 0.29) is 12.1 Å². The van der Waals surface area contributed by atoms with E-state index in [2.05, 4.69) is 63.3 Å². The lowest BCUT2D eigenvalue weighted by molar-refractivity contribution is 0.441. The number of rotatable bonds is 5. The van der Waals surface area contributed by atoms with Crippen LogP contribution in [-0.4, -0.2) is 9.97 Å². The highest BCUT2D eigenvalue weighted by atomic mass is 79.9. The molecule has 3 nitrogen and oxygen atoms in total. The van der Waals surface area contributed by atoms with Crippen molar-refractivity contribution < 1.29 is 0 Å². The average molecular weight is 308 g/mol. The monoisotopic (exact) mass is 307 g/mol. The highest BCUT2D eigenvalue weighted by Crippen LogP contribution is 2.22. The molecule has 1 heterocycles. The van der Waals surface area contributed by atoms with Crippen LogP contribution in [-0.2, 0) is 0 Å². The Bertz CT molecular complexity index is 482. The molecule has 2 unspecified atom stereocenters. The van der Waals surface area contributed by atoms with Crippen molar-refractivity contribution >= 4 is 15.9 Å². The minimum atomic E-state index is 0.258. The fraction of sp³-hybridized carbons (Fsp3) is 0.357. The van der Waals surface area contributed by atoms with Crippen molar-refractivity contribution in [2.24, 2.45) is 0 Å². The molecule has 0 saturated heterocycles. The summed E-state index contributed by atoms with van der Waals surface area (Å²) in [5, 5.41) is 3.60. The zero-order valence-electron chi connectivity index (χ0n) is 10.7. The number of aromatic nitrogens is 2. The van der Waals surface area contributed by atoms with E-state index in [4.69, 9.17) is 0 Å². The molecule has 96 valence electrons. The Balaban J connectivity index is 2.08. The molecule has 0 bridgehead atoms. The number of nitrogens with one attached hydrogen (secondary N) is 2. The second-order valence-electron chi connectivity index (χ2n) is 4.38. The summed E-state index contributed by atoms with van der Waals surface area (Å²) in [6.07, 6.45) is 4.67. The summed E-state index contributed by atoms with van der Waals surface area (Å²) in [5.74, 6) is 0.999. The standard InChI is InChI=1S/C14H18BrN3/c1-3-13(14-16-7-8-17-14)18-10(2)11-5-4-6-12(15)9-11/h4-10,13,18H,3H2,1-2H3,(H,16,17). The lowest BCUT2D eigenvalue weighted by Gasteiger charge is -2.21. The van der Waals surface area contributed by atoms with Crippen molar-refractivity contribution in [3.8, 4) is 0 Å². The molecule has 18 heavy (non-hydrogen) atoms. The Hall–Kier alpha value is -1.13. The molecule has 0 saturated carbocycles. The minimum absolute atomic E-state index is 0.258. The fourth-order valence-corrected chi connectivity index (χ4v) is 2.45. The Morgan fingerprint density at radius 2 is 2.28 bits per heavy atom. The number of imidazole rings is 1. The van der Waals surface area contributed by atoms with Crippen molar-refractivity contribution in [2.45, 2.75) is 32.4 Å². The summed E-state index contributed by atoms with van der Waals surface area (Å²) in [6.45, 7) is 4.33. The van der Waals surface area contributed by atoms with E-state index in [0.29, 0.717) is 0 Å². The van der Waals surface area contributed by atoms with E-state index in [1.54, 1.807) is 6.20 Å². The fourth-order valence-electron chi connectivity index (χ4n) is 2.03. The van der Waals surface area contributed by atoms with Crippen molar-refractivity contribution in [1.29, 1.82) is 0 Å². The van der Waals surface area contributed by atoms with Gasteiger partial charge in [-0.25, -0.2) is 4.98 Å². The molecule has 2 atom stereocenters. The van der Waals surface area contributed by atoms with Gasteiger partial charge in [0.2, 0.25) is 0 Å². The maximum atomic E-state index is 4.32. The van der Waals surface area contributed by atoms with Crippen LogP contribution in [0.4, 0.5) is 0 Å². The third-order valence-electron chi connectivity index (χ3n) is 3.06. The van der Waals surface area contributed by atoms with Gasteiger partial charge in [0.1, 0.15) is 5.82 Å². The molecule has 0 amide bonds. The van der Waals surface area contributed by atoms with Crippen LogP contribution in [0.5, 0.6) is 0 Å². The van der Waals surface area contributed by atoms with Gasteiger partial charge in [-0.15, -0.1) is 0 Å². The summed E-state index contributed by atoms with van der Waals surface area (Å²) in [4.78, 5) is 7.50. The smallest absolute Gasteiger partial charge is 0.123 e. The highest BCUT2D eigenvalue weighted by Gasteiger charge is 2.15. The van der Waals surface area contributed by atoms with Gasteiger partial charge in [-0.1, -0.05) is 35.0 Å². The van der Waals surface area contributed by atoms with Crippen LogP contribution in [0.2, 0.25) is 0 Å². The van der Waals surface area contributed by atoms with Crippen LogP contribution in [0.3, 0.4) is 0 Å². The molecule has 2 aromatic rings. The van der Waals surface area contributed by atoms with Gasteiger partial charge in [0.25, 0.3) is 0 Å². The minimum Gasteiger partial charge on any atom is -0.347 e. The number of hydrogen-bond acceptors (Lipinski definition) is 2. The summed E-state index contributed by atoms with van der Waals surface area (Å²) in [6, 6.07) is 8.93. The summed E-state index contributed by atoms with van der Waals surface area (Å²) >= 11 is 3.51. The molecule has 2 rings (SSSR count). The number of halogens is 1. The molecule has 0 radical (unpaired) electrons. The van der Waals surface area contributed by atoms with Gasteiger partial charge in [0.15, 0.2) is 0 Å². The molecular weight excluding hydrogens is 290 g/mol. The molecule has 2 N–H and O–H groups in total. The van der Waals surface area contributed by atoms with Crippen LogP contribution >= 0.6 is 15.9 Å². The van der Waals surface area contributed by atoms with Gasteiger partial charge in [0, 0.05) is 22.9 Å². The Morgan fingerprint density at radius 3 is 2.89 bits per heavy atom. The van der Waals surface area contributed by atoms with Crippen molar-refractivity contribution in [2.75, 3.05) is 0 Å². The first-order valence-corrected chi connectivity index (χ1v) is 7.00. The van der Waals surface area contributed by atoms with Gasteiger partial charge in [-0.05, 0) is 31.0 Å². The van der Waals surface area contributed by atoms with Gasteiger partial charge in [-0.3, -0.25) is 0 Å². The lowest BCUT2D eigenvalue weighted by Crippen LogP contribution is -2.25. The topological polar surface area (TPSA) is 40.7 Å². The molecule has 0 spiro atoms. The van der Waals surface area contributed by atoms with E-state index >= 15 is 0 Å². The van der Waals surface area contributed by atoms with E-state index in [0.717, 1.165) is 16.7 Å². The van der Waals surface area contributed by atoms with Gasteiger partial charge in [-0.2, -0.15) is 0 Å². The molecular formula is C14H18BrN3. The van der Waals surface area contributed by atoms with E-state index < -0.39 is 0 Å². The summed E-state index contributed by atoms with van der Waals surface area (Å²) in [7, 11) is 0. The zero-order chi connectivity index (χ0) is 13.0. The Morgan fingerprint density at radius 1 is 1.44 bits per heavy atom. The van der Waals surface area contributed by atoms with Crippen LogP contribution < -0.4 is 5.32 Å². The summed E-state index contributed by atoms with van der Waals surface area (Å²) < 4.78 is 1.11. The molecule has 4 heteroatoms. The average Bonchev–Trinajstić information content (AvgIpc) is 2.89. The number of aromatic amines is 1. The highest BCUT2D eigenvalue weighted by molar-refractivity contribution is 9.10. The van der Waals surface area contributed by atoms with Crippen LogP contribution in [0.1, 0.15) is 43.7 Å². The first-order chi connectivity index (χ1) is 8.70. The third kappa shape index (κ3) is 3.21. The first-order valence-electron chi connectivity index (χ1n) is 6.21. The largest absolute Gasteiger partial charge is 0.347 e. The van der Waals surface area contributed by atoms with Crippen molar-refractivity contribution in [3.05, 3.63) is 52.5 Å². The lowest BCUT2D eigenvalue weighted by atomic mass is 10.1. The number of benzene rings is 1. The molecule has 0 aliphatic rings. The molecule has 1 aromatic carbocycles. The van der Waals surface area contributed by atoms with Crippen LogP contribution in [0.15, 0.2) is 41.1 Å². The number of nitrogens with zero attached hydrogens (tertiary/aromatic N) is 1. The molecule has 0 aliphatic heterocycles. The van der Waals surface area contributed by atoms with Crippen LogP contribution in [0.25, 0.3) is 0 Å². The normalized spacial score (nSPS) is 14.4. The zero-order valence-corrected chi connectivity index (χ0v) is 12.2. The van der Waals surface area contributed by atoms with Crippen molar-refractivity contribution in [1.82, 2.24) is 15.3 Å². The van der Waals surface area contributed by atoms with Crippen LogP contribution in [0, 0.1) is 0 Å². The SMILES string of the molecule is CCC(NC(C)c1cccc(Br)c1)c1ncc[nH]1. The quantitative estimate of drug-likeness (QED) is 0.877. The van der Waals surface area contributed by atoms with E-state index in [1.165, 1.54) is 5.56 Å². The predicted octanol–water partition coefficient (Wildman–Crippen LogP) is 3.97. The Kier molecular flexibility index (Phi) is 4.55. The van der Waals surface area contributed by atoms with E-state index in [1.807, 2.05) is 12.3 Å². The maximum absolute atomic E-state index is 4.32. The second-order valence-corrected chi connectivity index (χ2v) is 5.29. The van der Waals surface area contributed by atoms with Gasteiger partial charge in [0.05, 0.1) is 6.04 Å². The van der Waals surface area contributed by atoms with E-state index in [9.17, 15) is 0 Å². The number of H-pyrrole nitrogens is 1. The Labute approximate surface area is 116 Å². The predicted molar refractivity (Wildman–Crippen MR) is 77.3 cm³/mol. The molecule has 1 aromatic heterocycles. The van der Waals surface area contributed by atoms with Gasteiger partial charge < -0.3 is 10.3 Å². The number of hydrogen-bond donors (Lipinski definition) is 2. The first kappa shape index (κ1) is 13.3. The molecule has 0 aliphatic carbocycles. The third-order valence-corrected chi connectivity index (χ3v) is 3.55. The van der Waals surface area contributed by atoms with Crippen molar-refractivity contribution in [3.63, 3.8) is 0 Å². The van der Waals surface area contributed by atoms with Gasteiger partial charge >= 0.3 is 0 Å². The summed E-state index contributed by atoms with van der Waals surface area (Å²) in [5.41, 5.74) is 1.27. The maximum Gasteiger partial charge on any atom is 0.123 e. The molecule has 0 fully saturated rings. The second kappa shape index (κ2) is 6.16.